The molecule has 1 unspecified atom stereocenters. The summed E-state index contributed by atoms with van der Waals surface area (Å²) in [5, 5.41) is 4.16. The lowest BCUT2D eigenvalue weighted by molar-refractivity contribution is 0.242. The lowest BCUT2D eigenvalue weighted by atomic mass is 10.0. The second-order valence-corrected chi connectivity index (χ2v) is 5.41. The van der Waals surface area contributed by atoms with Crippen LogP contribution in [0, 0.1) is 6.92 Å². The summed E-state index contributed by atoms with van der Waals surface area (Å²) in [6, 6.07) is 6.54. The Bertz CT molecular complexity index is 564. The molecule has 1 saturated heterocycles. The third kappa shape index (κ3) is 2.48. The van der Waals surface area contributed by atoms with E-state index < -0.39 is 0 Å². The smallest absolute Gasteiger partial charge is 0.141 e. The zero-order valence-corrected chi connectivity index (χ0v) is 12.2. The standard InChI is InChI=1S/C16H21N3O/c1-3-15-16(12(2)18-20-15)14-8-6-10-19(14)11-13-7-4-5-9-17-13/h4-5,7,9,14H,3,6,8,10-11H2,1-2H3. The fourth-order valence-electron chi connectivity index (χ4n) is 3.15. The number of hydrogen-bond donors (Lipinski definition) is 0. The van der Waals surface area contributed by atoms with E-state index in [1.54, 1.807) is 0 Å². The van der Waals surface area contributed by atoms with Gasteiger partial charge in [0.1, 0.15) is 5.76 Å². The van der Waals surface area contributed by atoms with Gasteiger partial charge in [-0.15, -0.1) is 0 Å². The van der Waals surface area contributed by atoms with Crippen molar-refractivity contribution in [1.29, 1.82) is 0 Å². The van der Waals surface area contributed by atoms with Crippen molar-refractivity contribution in [3.63, 3.8) is 0 Å². The first kappa shape index (κ1) is 13.3. The van der Waals surface area contributed by atoms with Crippen LogP contribution in [0.1, 0.15) is 48.5 Å². The molecule has 4 nitrogen and oxygen atoms in total. The molecule has 1 fully saturated rings. The Hall–Kier alpha value is -1.68. The van der Waals surface area contributed by atoms with Crippen LogP contribution in [0.15, 0.2) is 28.9 Å². The van der Waals surface area contributed by atoms with E-state index in [2.05, 4.69) is 41.0 Å². The third-order valence-corrected chi connectivity index (χ3v) is 4.09. The summed E-state index contributed by atoms with van der Waals surface area (Å²) in [7, 11) is 0. The Labute approximate surface area is 119 Å². The van der Waals surface area contributed by atoms with Crippen LogP contribution < -0.4 is 0 Å². The van der Waals surface area contributed by atoms with Crippen LogP contribution in [-0.2, 0) is 13.0 Å². The maximum absolute atomic E-state index is 5.46. The molecule has 2 aromatic rings. The van der Waals surface area contributed by atoms with Crippen LogP contribution in [0.2, 0.25) is 0 Å². The number of hydrogen-bond acceptors (Lipinski definition) is 4. The Morgan fingerprint density at radius 3 is 3.05 bits per heavy atom. The van der Waals surface area contributed by atoms with E-state index in [0.29, 0.717) is 6.04 Å². The van der Waals surface area contributed by atoms with Crippen molar-refractivity contribution in [1.82, 2.24) is 15.0 Å². The van der Waals surface area contributed by atoms with Crippen molar-refractivity contribution >= 4 is 0 Å². The Kier molecular flexibility index (Phi) is 3.83. The van der Waals surface area contributed by atoms with E-state index in [9.17, 15) is 0 Å². The minimum Gasteiger partial charge on any atom is -0.361 e. The second kappa shape index (κ2) is 5.75. The number of likely N-dealkylation sites (tertiary alicyclic amines) is 1. The summed E-state index contributed by atoms with van der Waals surface area (Å²) < 4.78 is 5.46. The van der Waals surface area contributed by atoms with E-state index in [1.165, 1.54) is 18.4 Å². The molecule has 0 spiro atoms. The molecule has 20 heavy (non-hydrogen) atoms. The van der Waals surface area contributed by atoms with Gasteiger partial charge in [-0.25, -0.2) is 0 Å². The van der Waals surface area contributed by atoms with Gasteiger partial charge in [-0.2, -0.15) is 0 Å². The summed E-state index contributed by atoms with van der Waals surface area (Å²) in [6.45, 7) is 6.20. The predicted octanol–water partition coefficient (Wildman–Crippen LogP) is 3.28. The highest BCUT2D eigenvalue weighted by Crippen LogP contribution is 2.36. The molecule has 3 heterocycles. The summed E-state index contributed by atoms with van der Waals surface area (Å²) in [6.07, 6.45) is 5.18. The summed E-state index contributed by atoms with van der Waals surface area (Å²) >= 11 is 0. The molecular formula is C16H21N3O. The van der Waals surface area contributed by atoms with Crippen molar-refractivity contribution in [2.75, 3.05) is 6.54 Å². The van der Waals surface area contributed by atoms with E-state index in [0.717, 1.165) is 36.7 Å². The van der Waals surface area contributed by atoms with Crippen molar-refractivity contribution in [2.45, 2.75) is 45.7 Å². The van der Waals surface area contributed by atoms with Gasteiger partial charge in [0.25, 0.3) is 0 Å². The minimum atomic E-state index is 0.429. The molecule has 0 aliphatic carbocycles. The highest BCUT2D eigenvalue weighted by atomic mass is 16.5. The van der Waals surface area contributed by atoms with Crippen LogP contribution >= 0.6 is 0 Å². The lowest BCUT2D eigenvalue weighted by Gasteiger charge is -2.24. The maximum atomic E-state index is 5.46. The summed E-state index contributed by atoms with van der Waals surface area (Å²) in [5.41, 5.74) is 3.48. The molecule has 1 atom stereocenters. The molecular weight excluding hydrogens is 250 g/mol. The van der Waals surface area contributed by atoms with Gasteiger partial charge in [0.2, 0.25) is 0 Å². The number of nitrogens with zero attached hydrogens (tertiary/aromatic N) is 3. The quantitative estimate of drug-likeness (QED) is 0.856. The first-order chi connectivity index (χ1) is 9.79. The largest absolute Gasteiger partial charge is 0.361 e. The number of rotatable bonds is 4. The lowest BCUT2D eigenvalue weighted by Crippen LogP contribution is -2.24. The van der Waals surface area contributed by atoms with Crippen LogP contribution in [0.3, 0.4) is 0 Å². The van der Waals surface area contributed by atoms with Crippen LogP contribution in [0.5, 0.6) is 0 Å². The van der Waals surface area contributed by atoms with Gasteiger partial charge in [-0.3, -0.25) is 9.88 Å². The molecule has 0 bridgehead atoms. The number of aryl methyl sites for hydroxylation is 2. The maximum Gasteiger partial charge on any atom is 0.141 e. The monoisotopic (exact) mass is 271 g/mol. The molecule has 0 radical (unpaired) electrons. The normalized spacial score (nSPS) is 19.6. The first-order valence-electron chi connectivity index (χ1n) is 7.38. The van der Waals surface area contributed by atoms with E-state index in [-0.39, 0.29) is 0 Å². The zero-order chi connectivity index (χ0) is 13.9. The molecule has 106 valence electrons. The second-order valence-electron chi connectivity index (χ2n) is 5.41. The van der Waals surface area contributed by atoms with Crippen molar-refractivity contribution < 1.29 is 4.52 Å². The van der Waals surface area contributed by atoms with Gasteiger partial charge in [-0.1, -0.05) is 18.1 Å². The zero-order valence-electron chi connectivity index (χ0n) is 12.2. The topological polar surface area (TPSA) is 42.2 Å². The summed E-state index contributed by atoms with van der Waals surface area (Å²) in [4.78, 5) is 6.94. The van der Waals surface area contributed by atoms with E-state index in [4.69, 9.17) is 4.52 Å². The van der Waals surface area contributed by atoms with Gasteiger partial charge in [0.05, 0.1) is 11.4 Å². The minimum absolute atomic E-state index is 0.429. The Morgan fingerprint density at radius 2 is 2.30 bits per heavy atom. The molecule has 0 amide bonds. The Morgan fingerprint density at radius 1 is 1.40 bits per heavy atom. The molecule has 0 N–H and O–H groups in total. The number of aromatic nitrogens is 2. The van der Waals surface area contributed by atoms with E-state index >= 15 is 0 Å². The third-order valence-electron chi connectivity index (χ3n) is 4.09. The van der Waals surface area contributed by atoms with Gasteiger partial charge in [0.15, 0.2) is 0 Å². The first-order valence-corrected chi connectivity index (χ1v) is 7.38. The van der Waals surface area contributed by atoms with Crippen LogP contribution in [0.25, 0.3) is 0 Å². The fourth-order valence-corrected chi connectivity index (χ4v) is 3.15. The van der Waals surface area contributed by atoms with Crippen LogP contribution in [-0.4, -0.2) is 21.6 Å². The van der Waals surface area contributed by atoms with Crippen molar-refractivity contribution in [2.24, 2.45) is 0 Å². The van der Waals surface area contributed by atoms with Gasteiger partial charge >= 0.3 is 0 Å². The Balaban J connectivity index is 1.83. The SMILES string of the molecule is CCc1onc(C)c1C1CCCN1Cc1ccccn1. The highest BCUT2D eigenvalue weighted by molar-refractivity contribution is 5.27. The van der Waals surface area contributed by atoms with Crippen LogP contribution in [0.4, 0.5) is 0 Å². The summed E-state index contributed by atoms with van der Waals surface area (Å²) in [5.74, 6) is 1.04. The van der Waals surface area contributed by atoms with Crippen molar-refractivity contribution in [3.05, 3.63) is 47.1 Å². The molecule has 1 aliphatic rings. The highest BCUT2D eigenvalue weighted by Gasteiger charge is 2.31. The average molecular weight is 271 g/mol. The fraction of sp³-hybridized carbons (Fsp3) is 0.500. The molecule has 3 rings (SSSR count). The molecule has 0 saturated carbocycles. The van der Waals surface area contributed by atoms with Gasteiger partial charge in [-0.05, 0) is 38.4 Å². The van der Waals surface area contributed by atoms with Gasteiger partial charge < -0.3 is 4.52 Å². The van der Waals surface area contributed by atoms with Crippen molar-refractivity contribution in [3.8, 4) is 0 Å². The molecule has 2 aromatic heterocycles. The average Bonchev–Trinajstić information content (AvgIpc) is 3.06. The van der Waals surface area contributed by atoms with E-state index in [1.807, 2.05) is 12.3 Å². The molecule has 1 aliphatic heterocycles. The molecule has 0 aromatic carbocycles. The molecule has 4 heteroatoms. The predicted molar refractivity (Wildman–Crippen MR) is 77.2 cm³/mol. The number of pyridine rings is 1. The van der Waals surface area contributed by atoms with Gasteiger partial charge in [0, 0.05) is 30.8 Å².